The monoisotopic (exact) mass is 407 g/mol. The molecule has 156 valence electrons. The molecule has 3 aliphatic rings. The topological polar surface area (TPSA) is 91.5 Å². The zero-order chi connectivity index (χ0) is 20.7. The van der Waals surface area contributed by atoms with Crippen molar-refractivity contribution in [1.29, 1.82) is 0 Å². The fourth-order valence-corrected chi connectivity index (χ4v) is 4.71. The van der Waals surface area contributed by atoms with Crippen LogP contribution in [0.4, 0.5) is 5.69 Å². The molecule has 2 aliphatic heterocycles. The molecule has 1 fully saturated rings. The summed E-state index contributed by atoms with van der Waals surface area (Å²) in [5.41, 5.74) is 6.55. The minimum Gasteiger partial charge on any atom is -0.491 e. The van der Waals surface area contributed by atoms with Gasteiger partial charge in [0.1, 0.15) is 24.6 Å². The van der Waals surface area contributed by atoms with Crippen LogP contribution in [0.5, 0.6) is 5.75 Å². The van der Waals surface area contributed by atoms with Crippen molar-refractivity contribution >= 4 is 23.0 Å². The van der Waals surface area contributed by atoms with Gasteiger partial charge < -0.3 is 24.8 Å². The molecule has 6 nitrogen and oxygen atoms in total. The predicted octanol–water partition coefficient (Wildman–Crippen LogP) is 2.47. The number of ether oxygens (including phenoxy) is 2. The Morgan fingerprint density at radius 2 is 1.87 bits per heavy atom. The number of nitrogens with zero attached hydrogens (tertiary/aromatic N) is 1. The van der Waals surface area contributed by atoms with Gasteiger partial charge in [0.15, 0.2) is 0 Å². The fourth-order valence-electron chi connectivity index (χ4n) is 4.71. The van der Waals surface area contributed by atoms with Gasteiger partial charge in [-0.25, -0.2) is 0 Å². The third-order valence-corrected chi connectivity index (χ3v) is 6.37. The van der Waals surface area contributed by atoms with Crippen LogP contribution in [0.3, 0.4) is 0 Å². The molecule has 30 heavy (non-hydrogen) atoms. The number of aliphatic hydroxyl groups is 3. The van der Waals surface area contributed by atoms with Crippen LogP contribution in [0.1, 0.15) is 29.5 Å². The molecule has 1 spiro atoms. The predicted molar refractivity (Wildman–Crippen MR) is 114 cm³/mol. The van der Waals surface area contributed by atoms with Gasteiger partial charge in [-0.05, 0) is 48.2 Å². The summed E-state index contributed by atoms with van der Waals surface area (Å²) in [4.78, 5) is 5.04. The highest BCUT2D eigenvalue weighted by molar-refractivity contribution is 6.37. The molecule has 0 aromatic heterocycles. The van der Waals surface area contributed by atoms with Crippen LogP contribution in [-0.4, -0.2) is 59.7 Å². The Hall–Kier alpha value is -2.51. The van der Waals surface area contributed by atoms with Crippen molar-refractivity contribution in [2.24, 2.45) is 4.99 Å². The van der Waals surface area contributed by atoms with Gasteiger partial charge in [0.25, 0.3) is 0 Å². The Morgan fingerprint density at radius 1 is 1.07 bits per heavy atom. The third kappa shape index (κ3) is 3.08. The second kappa shape index (κ2) is 7.63. The molecule has 0 saturated carbocycles. The van der Waals surface area contributed by atoms with E-state index in [0.717, 1.165) is 35.4 Å². The Labute approximate surface area is 175 Å². The summed E-state index contributed by atoms with van der Waals surface area (Å²) in [6.07, 6.45) is 1.53. The van der Waals surface area contributed by atoms with Crippen molar-refractivity contribution in [3.05, 3.63) is 59.2 Å². The van der Waals surface area contributed by atoms with Gasteiger partial charge in [-0.1, -0.05) is 24.3 Å². The molecule has 6 heteroatoms. The van der Waals surface area contributed by atoms with Gasteiger partial charge in [0, 0.05) is 29.8 Å². The molecule has 1 aliphatic carbocycles. The van der Waals surface area contributed by atoms with E-state index in [1.54, 1.807) is 0 Å². The largest absolute Gasteiger partial charge is 0.491 e. The summed E-state index contributed by atoms with van der Waals surface area (Å²) < 4.78 is 11.4. The van der Waals surface area contributed by atoms with E-state index in [-0.39, 0.29) is 12.0 Å². The quantitative estimate of drug-likeness (QED) is 0.708. The number of aliphatic imine (C=N–C) groups is 1. The Bertz CT molecular complexity index is 1020. The molecule has 2 aromatic carbocycles. The lowest BCUT2D eigenvalue weighted by atomic mass is 9.64. The van der Waals surface area contributed by atoms with Crippen molar-refractivity contribution in [2.45, 2.75) is 30.5 Å². The highest BCUT2D eigenvalue weighted by Gasteiger charge is 2.46. The number of hydrogen-bond donors (Lipinski definition) is 3. The average Bonchev–Trinajstić information content (AvgIpc) is 3.17. The van der Waals surface area contributed by atoms with Gasteiger partial charge in [0.05, 0.1) is 18.0 Å². The molecule has 0 bridgehead atoms. The second-order valence-corrected chi connectivity index (χ2v) is 8.11. The van der Waals surface area contributed by atoms with Crippen LogP contribution in [-0.2, 0) is 10.2 Å². The summed E-state index contributed by atoms with van der Waals surface area (Å²) in [5.74, 6) is 0.622. The average molecular weight is 407 g/mol. The van der Waals surface area contributed by atoms with Crippen molar-refractivity contribution in [2.75, 3.05) is 26.4 Å². The lowest BCUT2D eigenvalue weighted by Crippen LogP contribution is -2.43. The van der Waals surface area contributed by atoms with E-state index in [1.807, 2.05) is 30.3 Å². The molecule has 2 atom stereocenters. The van der Waals surface area contributed by atoms with Crippen LogP contribution >= 0.6 is 0 Å². The lowest BCUT2D eigenvalue weighted by molar-refractivity contribution is -0.0339. The maximum atomic E-state index is 9.90. The first-order valence-electron chi connectivity index (χ1n) is 10.3. The summed E-state index contributed by atoms with van der Waals surface area (Å²) in [7, 11) is 0. The maximum Gasteiger partial charge on any atom is 0.119 e. The summed E-state index contributed by atoms with van der Waals surface area (Å²) in [6, 6.07) is 14.2. The first-order valence-corrected chi connectivity index (χ1v) is 10.3. The Kier molecular flexibility index (Phi) is 4.95. The summed E-state index contributed by atoms with van der Waals surface area (Å²) in [6.45, 7) is 0.749. The molecule has 3 N–H and O–H groups in total. The summed E-state index contributed by atoms with van der Waals surface area (Å²) >= 11 is 0. The SMILES string of the molecule is OC[C@@H](O)[C@H](O)COc1ccc2c(c1)C1(CCOCC1)C1=Nc3ccccc3C1=C2. The molecule has 0 radical (unpaired) electrons. The zero-order valence-corrected chi connectivity index (χ0v) is 16.6. The first-order chi connectivity index (χ1) is 14.6. The van der Waals surface area contributed by atoms with Crippen LogP contribution in [0.2, 0.25) is 0 Å². The molecule has 0 amide bonds. The highest BCUT2D eigenvalue weighted by Crippen LogP contribution is 2.51. The van der Waals surface area contributed by atoms with Crippen molar-refractivity contribution in [3.63, 3.8) is 0 Å². The fraction of sp³-hybridized carbons (Fsp3) is 0.375. The van der Waals surface area contributed by atoms with Gasteiger partial charge in [-0.3, -0.25) is 4.99 Å². The number of aliphatic hydroxyl groups excluding tert-OH is 3. The smallest absolute Gasteiger partial charge is 0.119 e. The minimum atomic E-state index is -1.22. The summed E-state index contributed by atoms with van der Waals surface area (Å²) in [5, 5.41) is 28.5. The van der Waals surface area contributed by atoms with Gasteiger partial charge in [-0.2, -0.15) is 0 Å². The molecule has 1 saturated heterocycles. The van der Waals surface area contributed by atoms with Crippen molar-refractivity contribution < 1.29 is 24.8 Å². The maximum absolute atomic E-state index is 9.90. The third-order valence-electron chi connectivity index (χ3n) is 6.37. The van der Waals surface area contributed by atoms with E-state index in [0.29, 0.717) is 19.0 Å². The number of rotatable bonds is 5. The normalized spacial score (nSPS) is 20.5. The molecule has 5 rings (SSSR count). The lowest BCUT2D eigenvalue weighted by Gasteiger charge is -2.41. The van der Waals surface area contributed by atoms with E-state index in [4.69, 9.17) is 19.6 Å². The zero-order valence-electron chi connectivity index (χ0n) is 16.6. The number of para-hydroxylation sites is 1. The van der Waals surface area contributed by atoms with E-state index in [2.05, 4.69) is 18.2 Å². The Balaban J connectivity index is 1.54. The van der Waals surface area contributed by atoms with E-state index in [1.165, 1.54) is 11.1 Å². The molecular weight excluding hydrogens is 382 g/mol. The van der Waals surface area contributed by atoms with Gasteiger partial charge in [-0.15, -0.1) is 0 Å². The van der Waals surface area contributed by atoms with Crippen LogP contribution in [0.15, 0.2) is 47.5 Å². The number of fused-ring (bicyclic) bond motifs is 6. The standard InChI is InChI=1S/C24H25NO5/c26-13-21(27)22(28)14-30-16-6-5-15-11-18-17-3-1-2-4-20(17)25-23(18)24(19(15)12-16)7-9-29-10-8-24/h1-6,11-12,21-22,26-28H,7-10,13-14H2/t21-,22-/m1/s1. The first kappa shape index (κ1) is 19.5. The van der Waals surface area contributed by atoms with Crippen LogP contribution in [0.25, 0.3) is 11.6 Å². The van der Waals surface area contributed by atoms with Crippen molar-refractivity contribution in [3.8, 4) is 5.75 Å². The van der Waals surface area contributed by atoms with Gasteiger partial charge >= 0.3 is 0 Å². The number of allylic oxidation sites excluding steroid dienone is 1. The van der Waals surface area contributed by atoms with E-state index < -0.39 is 18.8 Å². The Morgan fingerprint density at radius 3 is 2.67 bits per heavy atom. The minimum absolute atomic E-state index is 0.0932. The molecule has 2 aromatic rings. The second-order valence-electron chi connectivity index (χ2n) is 8.11. The van der Waals surface area contributed by atoms with Crippen molar-refractivity contribution in [1.82, 2.24) is 0 Å². The van der Waals surface area contributed by atoms with E-state index in [9.17, 15) is 10.2 Å². The number of hydrogen-bond acceptors (Lipinski definition) is 6. The van der Waals surface area contributed by atoms with Crippen LogP contribution in [0, 0.1) is 0 Å². The van der Waals surface area contributed by atoms with Gasteiger partial charge in [0.2, 0.25) is 0 Å². The highest BCUT2D eigenvalue weighted by atomic mass is 16.5. The number of benzene rings is 2. The van der Waals surface area contributed by atoms with E-state index >= 15 is 0 Å². The van der Waals surface area contributed by atoms with Crippen LogP contribution < -0.4 is 4.74 Å². The molecular formula is C24H25NO5. The molecule has 2 heterocycles. The molecule has 0 unspecified atom stereocenters.